The summed E-state index contributed by atoms with van der Waals surface area (Å²) in [6.45, 7) is 0.685. The van der Waals surface area contributed by atoms with Gasteiger partial charge in [0.15, 0.2) is 0 Å². The first-order valence-corrected chi connectivity index (χ1v) is 10.2. The van der Waals surface area contributed by atoms with Crippen molar-refractivity contribution in [2.45, 2.75) is 62.7 Å². The van der Waals surface area contributed by atoms with Crippen molar-refractivity contribution in [3.8, 4) is 0 Å². The van der Waals surface area contributed by atoms with E-state index < -0.39 is 11.5 Å². The van der Waals surface area contributed by atoms with Gasteiger partial charge >= 0.3 is 0 Å². The van der Waals surface area contributed by atoms with Crippen LogP contribution in [0.1, 0.15) is 67.1 Å². The number of amides is 1. The van der Waals surface area contributed by atoms with Gasteiger partial charge in [-0.2, -0.15) is 0 Å². The Morgan fingerprint density at radius 3 is 2.67 bits per heavy atom. The molecule has 0 radical (unpaired) electrons. The highest BCUT2D eigenvalue weighted by Gasteiger charge is 2.56. The van der Waals surface area contributed by atoms with Crippen LogP contribution in [0, 0.1) is 17.8 Å². The lowest BCUT2D eigenvalue weighted by molar-refractivity contribution is -0.133. The van der Waals surface area contributed by atoms with Crippen LogP contribution in [0.4, 0.5) is 5.95 Å². The van der Waals surface area contributed by atoms with Gasteiger partial charge in [-0.25, -0.2) is 9.97 Å². The predicted molar refractivity (Wildman–Crippen MR) is 99.2 cm³/mol. The number of rotatable bonds is 4. The molecule has 6 rings (SSSR count). The summed E-state index contributed by atoms with van der Waals surface area (Å²) in [4.78, 5) is 23.3. The van der Waals surface area contributed by atoms with Crippen LogP contribution in [-0.4, -0.2) is 46.3 Å². The Kier molecular flexibility index (Phi) is 3.95. The van der Waals surface area contributed by atoms with Crippen molar-refractivity contribution in [3.63, 3.8) is 0 Å². The fourth-order valence-corrected chi connectivity index (χ4v) is 6.50. The van der Waals surface area contributed by atoms with Crippen LogP contribution in [0.3, 0.4) is 0 Å². The molecule has 0 spiro atoms. The second-order valence-corrected chi connectivity index (χ2v) is 9.13. The van der Waals surface area contributed by atoms with Crippen LogP contribution >= 0.6 is 0 Å². The Balaban J connectivity index is 1.46. The van der Waals surface area contributed by atoms with E-state index in [1.165, 1.54) is 12.8 Å². The zero-order valence-corrected chi connectivity index (χ0v) is 15.8. The van der Waals surface area contributed by atoms with Crippen molar-refractivity contribution < 1.29 is 14.6 Å². The molecule has 5 aliphatic rings. The minimum Gasteiger partial charge on any atom is -0.390 e. The second-order valence-electron chi connectivity index (χ2n) is 9.13. The molecule has 3 N–H and O–H groups in total. The maximum atomic E-state index is 11.8. The molecule has 4 saturated carbocycles. The molecule has 5 fully saturated rings. The van der Waals surface area contributed by atoms with Gasteiger partial charge < -0.3 is 20.5 Å². The number of anilines is 1. The third kappa shape index (κ3) is 2.83. The zero-order chi connectivity index (χ0) is 18.8. The van der Waals surface area contributed by atoms with Gasteiger partial charge in [-0.1, -0.05) is 0 Å². The monoisotopic (exact) mass is 372 g/mol. The maximum absolute atomic E-state index is 11.8. The number of aromatic nitrogens is 2. The van der Waals surface area contributed by atoms with Crippen LogP contribution in [0.5, 0.6) is 0 Å². The molecule has 1 aromatic heterocycles. The van der Waals surface area contributed by atoms with Gasteiger partial charge in [-0.05, 0) is 62.7 Å². The number of ether oxygens (including phenoxy) is 1. The first-order chi connectivity index (χ1) is 12.9. The molecule has 1 aliphatic heterocycles. The van der Waals surface area contributed by atoms with Gasteiger partial charge in [0.2, 0.25) is 5.95 Å². The van der Waals surface area contributed by atoms with Crippen molar-refractivity contribution >= 4 is 11.9 Å². The molecular weight excluding hydrogens is 344 g/mol. The van der Waals surface area contributed by atoms with E-state index in [0.717, 1.165) is 32.1 Å². The Hall–Kier alpha value is -1.73. The van der Waals surface area contributed by atoms with Crippen LogP contribution in [0.25, 0.3) is 0 Å². The summed E-state index contributed by atoms with van der Waals surface area (Å²) in [5.74, 6) is 1.76. The molecule has 7 nitrogen and oxygen atoms in total. The first kappa shape index (κ1) is 17.4. The van der Waals surface area contributed by atoms with E-state index in [0.29, 0.717) is 47.6 Å². The second kappa shape index (κ2) is 6.14. The summed E-state index contributed by atoms with van der Waals surface area (Å²) in [6, 6.07) is 0.346. The number of carbonyl (C=O) groups is 1. The van der Waals surface area contributed by atoms with Gasteiger partial charge in [0, 0.05) is 25.9 Å². The predicted octanol–water partition coefficient (Wildman–Crippen LogP) is 1.80. The number of aliphatic hydroxyl groups is 1. The van der Waals surface area contributed by atoms with Gasteiger partial charge in [0.05, 0.1) is 16.9 Å². The lowest BCUT2D eigenvalue weighted by atomic mass is 9.52. The standard InChI is InChI=1S/C20H28N4O3/c1-24(17-12-5-11-6-13(17)9-20(26,7-11)8-12)19-22-10-14(18(21)25)16(23-19)15-3-2-4-27-15/h10-13,15,17,26H,2-9H2,1H3,(H2,21,25)/t11?,12?,13?,15-,17?,20?/m1/s1. The van der Waals surface area contributed by atoms with E-state index in [1.54, 1.807) is 6.20 Å². The molecule has 2 heterocycles. The minimum absolute atomic E-state index is 0.179. The van der Waals surface area contributed by atoms with Crippen LogP contribution in [0.2, 0.25) is 0 Å². The van der Waals surface area contributed by atoms with Crippen LogP contribution < -0.4 is 10.6 Å². The molecule has 1 saturated heterocycles. The topological polar surface area (TPSA) is 102 Å². The largest absolute Gasteiger partial charge is 0.390 e. The number of carbonyl (C=O) groups excluding carboxylic acids is 1. The number of primary amides is 1. The van der Waals surface area contributed by atoms with Crippen molar-refractivity contribution in [2.24, 2.45) is 23.5 Å². The average molecular weight is 372 g/mol. The third-order valence-electron chi connectivity index (χ3n) is 7.26. The molecule has 1 amide bonds. The summed E-state index contributed by atoms with van der Waals surface area (Å²) >= 11 is 0. The lowest BCUT2D eigenvalue weighted by Gasteiger charge is -2.59. The Bertz CT molecular complexity index is 748. The van der Waals surface area contributed by atoms with Gasteiger partial charge in [0.25, 0.3) is 5.91 Å². The normalized spacial score (nSPS) is 39.7. The smallest absolute Gasteiger partial charge is 0.252 e. The fourth-order valence-electron chi connectivity index (χ4n) is 6.50. The molecule has 27 heavy (non-hydrogen) atoms. The summed E-state index contributed by atoms with van der Waals surface area (Å²) < 4.78 is 5.77. The molecule has 7 heteroatoms. The van der Waals surface area contributed by atoms with Crippen molar-refractivity contribution in [2.75, 3.05) is 18.6 Å². The number of hydrogen-bond donors (Lipinski definition) is 2. The molecular formula is C20H28N4O3. The van der Waals surface area contributed by atoms with Crippen LogP contribution in [-0.2, 0) is 4.74 Å². The van der Waals surface area contributed by atoms with E-state index in [9.17, 15) is 9.90 Å². The van der Waals surface area contributed by atoms with Gasteiger partial charge in [0.1, 0.15) is 6.10 Å². The first-order valence-electron chi connectivity index (χ1n) is 10.2. The van der Waals surface area contributed by atoms with E-state index >= 15 is 0 Å². The minimum atomic E-state index is -0.508. The quantitative estimate of drug-likeness (QED) is 0.836. The average Bonchev–Trinajstić information content (AvgIpc) is 3.13. The van der Waals surface area contributed by atoms with Crippen molar-refractivity contribution in [1.82, 2.24) is 9.97 Å². The number of hydrogen-bond acceptors (Lipinski definition) is 6. The SMILES string of the molecule is CN(c1ncc(C(N)=O)c([C@H]2CCCO2)n1)C1C2CC3CC1CC(O)(C3)C2. The number of nitrogens with zero attached hydrogens (tertiary/aromatic N) is 3. The summed E-state index contributed by atoms with van der Waals surface area (Å²) in [7, 11) is 2.05. The van der Waals surface area contributed by atoms with E-state index in [2.05, 4.69) is 16.9 Å². The highest BCUT2D eigenvalue weighted by molar-refractivity contribution is 5.93. The van der Waals surface area contributed by atoms with Crippen LogP contribution in [0.15, 0.2) is 6.20 Å². The van der Waals surface area contributed by atoms with Crippen molar-refractivity contribution in [1.29, 1.82) is 0 Å². The molecule has 1 aromatic rings. The molecule has 3 atom stereocenters. The maximum Gasteiger partial charge on any atom is 0.252 e. The Morgan fingerprint density at radius 1 is 1.33 bits per heavy atom. The number of nitrogens with two attached hydrogens (primary N) is 1. The summed E-state index contributed by atoms with van der Waals surface area (Å²) in [5, 5.41) is 10.8. The van der Waals surface area contributed by atoms with E-state index in [1.807, 2.05) is 0 Å². The molecule has 4 aliphatic carbocycles. The Morgan fingerprint density at radius 2 is 2.07 bits per heavy atom. The molecule has 4 bridgehead atoms. The van der Waals surface area contributed by atoms with Gasteiger partial charge in [-0.15, -0.1) is 0 Å². The van der Waals surface area contributed by atoms with E-state index in [4.69, 9.17) is 15.5 Å². The zero-order valence-electron chi connectivity index (χ0n) is 15.8. The fraction of sp³-hybridized carbons (Fsp3) is 0.750. The lowest BCUT2D eigenvalue weighted by Crippen LogP contribution is -2.61. The molecule has 2 unspecified atom stereocenters. The highest BCUT2D eigenvalue weighted by atomic mass is 16.5. The van der Waals surface area contributed by atoms with Gasteiger partial charge in [-0.3, -0.25) is 4.79 Å². The Labute approximate surface area is 159 Å². The third-order valence-corrected chi connectivity index (χ3v) is 7.26. The molecule has 0 aromatic carbocycles. The van der Waals surface area contributed by atoms with Crippen molar-refractivity contribution in [3.05, 3.63) is 17.5 Å². The molecule has 146 valence electrons. The van der Waals surface area contributed by atoms with E-state index in [-0.39, 0.29) is 6.10 Å². The highest BCUT2D eigenvalue weighted by Crippen LogP contribution is 2.57. The summed E-state index contributed by atoms with van der Waals surface area (Å²) in [6.07, 6.45) is 8.30. The summed E-state index contributed by atoms with van der Waals surface area (Å²) in [5.41, 5.74) is 6.08.